The molecule has 0 saturated carbocycles. The number of halogens is 1. The van der Waals surface area contributed by atoms with Gasteiger partial charge in [0, 0.05) is 18.9 Å². The predicted octanol–water partition coefficient (Wildman–Crippen LogP) is 2.75. The van der Waals surface area contributed by atoms with Crippen LogP contribution < -0.4 is 15.8 Å². The Kier molecular flexibility index (Phi) is 5.89. The van der Waals surface area contributed by atoms with Crippen molar-refractivity contribution >= 4 is 11.8 Å². The van der Waals surface area contributed by atoms with E-state index in [0.29, 0.717) is 18.0 Å². The summed E-state index contributed by atoms with van der Waals surface area (Å²) in [6.07, 6.45) is 0.0241. The fraction of sp³-hybridized carbons (Fsp3) is 0.222. The van der Waals surface area contributed by atoms with Crippen molar-refractivity contribution in [2.75, 3.05) is 0 Å². The number of benzene rings is 2. The molecule has 2 amide bonds. The minimum atomic E-state index is -0.500. The van der Waals surface area contributed by atoms with Gasteiger partial charge in [0.15, 0.2) is 0 Å². The fourth-order valence-electron chi connectivity index (χ4n) is 2.07. The average molecular weight is 330 g/mol. The molecule has 0 aliphatic heterocycles. The number of ether oxygens (including phenoxy) is 1. The van der Waals surface area contributed by atoms with Crippen LogP contribution in [0.15, 0.2) is 48.5 Å². The monoisotopic (exact) mass is 330 g/mol. The Morgan fingerprint density at radius 3 is 2.17 bits per heavy atom. The van der Waals surface area contributed by atoms with Crippen LogP contribution in [-0.4, -0.2) is 11.8 Å². The van der Waals surface area contributed by atoms with Crippen LogP contribution >= 0.6 is 0 Å². The zero-order valence-corrected chi connectivity index (χ0v) is 13.3. The lowest BCUT2D eigenvalue weighted by Gasteiger charge is -2.11. The summed E-state index contributed by atoms with van der Waals surface area (Å²) in [4.78, 5) is 22.6. The van der Waals surface area contributed by atoms with Gasteiger partial charge in [-0.15, -0.1) is 0 Å². The summed E-state index contributed by atoms with van der Waals surface area (Å²) in [6, 6.07) is 12.9. The molecule has 0 unspecified atom stereocenters. The second-order valence-electron chi connectivity index (χ2n) is 5.49. The Labute approximate surface area is 139 Å². The van der Waals surface area contributed by atoms with Gasteiger partial charge in [0.2, 0.25) is 11.8 Å². The van der Waals surface area contributed by atoms with Gasteiger partial charge >= 0.3 is 0 Å². The van der Waals surface area contributed by atoms with Crippen LogP contribution in [0, 0.1) is 11.7 Å². The number of hydrogen-bond acceptors (Lipinski definition) is 3. The van der Waals surface area contributed by atoms with Gasteiger partial charge in [-0.2, -0.15) is 0 Å². The first-order valence-electron chi connectivity index (χ1n) is 7.52. The quantitative estimate of drug-likeness (QED) is 0.819. The lowest BCUT2D eigenvalue weighted by Crippen LogP contribution is -2.31. The summed E-state index contributed by atoms with van der Waals surface area (Å²) in [5.74, 6) is -0.348. The summed E-state index contributed by atoms with van der Waals surface area (Å²) in [5, 5.41) is 2.75. The van der Waals surface area contributed by atoms with Gasteiger partial charge in [-0.25, -0.2) is 4.39 Å². The molecule has 0 fully saturated rings. The smallest absolute Gasteiger partial charge is 0.223 e. The van der Waals surface area contributed by atoms with Crippen molar-refractivity contribution in [1.82, 2.24) is 5.32 Å². The molecule has 0 saturated heterocycles. The molecule has 2 aromatic carbocycles. The van der Waals surface area contributed by atoms with E-state index in [4.69, 9.17) is 10.5 Å². The van der Waals surface area contributed by atoms with E-state index in [1.165, 1.54) is 12.1 Å². The molecular formula is C18H19FN2O3. The number of nitrogens with one attached hydrogen (secondary N) is 1. The highest BCUT2D eigenvalue weighted by molar-refractivity contribution is 5.84. The van der Waals surface area contributed by atoms with Crippen molar-refractivity contribution in [3.8, 4) is 11.5 Å². The zero-order valence-electron chi connectivity index (χ0n) is 13.3. The van der Waals surface area contributed by atoms with E-state index in [2.05, 4.69) is 5.32 Å². The molecular weight excluding hydrogens is 311 g/mol. The summed E-state index contributed by atoms with van der Waals surface area (Å²) in [6.45, 7) is 2.00. The van der Waals surface area contributed by atoms with Crippen molar-refractivity contribution in [2.45, 2.75) is 19.9 Å². The van der Waals surface area contributed by atoms with E-state index >= 15 is 0 Å². The molecule has 2 aromatic rings. The van der Waals surface area contributed by atoms with Gasteiger partial charge in [0.05, 0.1) is 0 Å². The summed E-state index contributed by atoms with van der Waals surface area (Å²) in [5.41, 5.74) is 5.96. The molecule has 3 N–H and O–H groups in total. The van der Waals surface area contributed by atoms with Crippen LogP contribution in [0.3, 0.4) is 0 Å². The van der Waals surface area contributed by atoms with E-state index in [0.717, 1.165) is 5.56 Å². The lowest BCUT2D eigenvalue weighted by atomic mass is 10.1. The maximum atomic E-state index is 12.8. The molecule has 0 heterocycles. The number of hydrogen-bond donors (Lipinski definition) is 2. The number of primary amides is 1. The first kappa shape index (κ1) is 17.5. The number of carbonyl (C=O) groups excluding carboxylic acids is 2. The van der Waals surface area contributed by atoms with E-state index in [9.17, 15) is 14.0 Å². The van der Waals surface area contributed by atoms with Gasteiger partial charge in [-0.05, 0) is 42.0 Å². The Morgan fingerprint density at radius 2 is 1.62 bits per heavy atom. The molecule has 0 radical (unpaired) electrons. The van der Waals surface area contributed by atoms with Crippen LogP contribution in [0.25, 0.3) is 0 Å². The summed E-state index contributed by atoms with van der Waals surface area (Å²) >= 11 is 0. The molecule has 0 aliphatic rings. The van der Waals surface area contributed by atoms with Crippen molar-refractivity contribution in [3.63, 3.8) is 0 Å². The maximum absolute atomic E-state index is 12.8. The minimum Gasteiger partial charge on any atom is -0.457 e. The molecule has 1 atom stereocenters. The number of amides is 2. The third-order valence-electron chi connectivity index (χ3n) is 3.39. The molecule has 126 valence electrons. The highest BCUT2D eigenvalue weighted by Crippen LogP contribution is 2.21. The predicted molar refractivity (Wildman–Crippen MR) is 87.7 cm³/mol. The average Bonchev–Trinajstić information content (AvgIpc) is 2.55. The molecule has 0 spiro atoms. The van der Waals surface area contributed by atoms with E-state index < -0.39 is 11.8 Å². The van der Waals surface area contributed by atoms with Gasteiger partial charge in [0.25, 0.3) is 0 Å². The van der Waals surface area contributed by atoms with Crippen LogP contribution in [-0.2, 0) is 16.1 Å². The van der Waals surface area contributed by atoms with Crippen LogP contribution in [0.4, 0.5) is 4.39 Å². The topological polar surface area (TPSA) is 81.4 Å². The first-order chi connectivity index (χ1) is 11.4. The highest BCUT2D eigenvalue weighted by Gasteiger charge is 2.14. The Hall–Kier alpha value is -2.89. The molecule has 6 heteroatoms. The third-order valence-corrected chi connectivity index (χ3v) is 3.39. The fourth-order valence-corrected chi connectivity index (χ4v) is 2.07. The standard InChI is InChI=1S/C18H19FN2O3/c1-12(10-17(20)22)18(23)21-11-13-2-6-15(7-3-13)24-16-8-4-14(19)5-9-16/h2-9,12H,10-11H2,1H3,(H2,20,22)(H,21,23)/t12-/m1/s1. The van der Waals surface area contributed by atoms with Crippen molar-refractivity contribution in [2.24, 2.45) is 11.7 Å². The summed E-state index contributed by atoms with van der Waals surface area (Å²) < 4.78 is 18.4. The highest BCUT2D eigenvalue weighted by atomic mass is 19.1. The van der Waals surface area contributed by atoms with Gasteiger partial charge in [0.1, 0.15) is 17.3 Å². The number of nitrogens with two attached hydrogens (primary N) is 1. The molecule has 0 aromatic heterocycles. The largest absolute Gasteiger partial charge is 0.457 e. The minimum absolute atomic E-state index is 0.0241. The maximum Gasteiger partial charge on any atom is 0.223 e. The Balaban J connectivity index is 1.86. The molecule has 5 nitrogen and oxygen atoms in total. The second-order valence-corrected chi connectivity index (χ2v) is 5.49. The van der Waals surface area contributed by atoms with Gasteiger partial charge in [-0.3, -0.25) is 9.59 Å². The molecule has 0 aliphatic carbocycles. The van der Waals surface area contributed by atoms with Gasteiger partial charge < -0.3 is 15.8 Å². The second kappa shape index (κ2) is 8.10. The Bertz CT molecular complexity index is 699. The first-order valence-corrected chi connectivity index (χ1v) is 7.52. The van der Waals surface area contributed by atoms with Crippen LogP contribution in [0.2, 0.25) is 0 Å². The van der Waals surface area contributed by atoms with E-state index in [1.54, 1.807) is 31.2 Å². The number of rotatable bonds is 7. The zero-order chi connectivity index (χ0) is 17.5. The molecule has 24 heavy (non-hydrogen) atoms. The summed E-state index contributed by atoms with van der Waals surface area (Å²) in [7, 11) is 0. The SMILES string of the molecule is C[C@H](CC(N)=O)C(=O)NCc1ccc(Oc2ccc(F)cc2)cc1. The third kappa shape index (κ3) is 5.39. The number of carbonyl (C=O) groups is 2. The van der Waals surface area contributed by atoms with Crippen molar-refractivity contribution in [3.05, 3.63) is 59.9 Å². The lowest BCUT2D eigenvalue weighted by molar-refractivity contribution is -0.128. The van der Waals surface area contributed by atoms with E-state index in [-0.39, 0.29) is 18.1 Å². The molecule has 2 rings (SSSR count). The van der Waals surface area contributed by atoms with E-state index in [1.807, 2.05) is 12.1 Å². The van der Waals surface area contributed by atoms with Crippen molar-refractivity contribution in [1.29, 1.82) is 0 Å². The van der Waals surface area contributed by atoms with Crippen LogP contribution in [0.5, 0.6) is 11.5 Å². The van der Waals surface area contributed by atoms with Gasteiger partial charge in [-0.1, -0.05) is 19.1 Å². The molecule has 0 bridgehead atoms. The van der Waals surface area contributed by atoms with Crippen molar-refractivity contribution < 1.29 is 18.7 Å². The van der Waals surface area contributed by atoms with Crippen LogP contribution in [0.1, 0.15) is 18.9 Å². The normalized spacial score (nSPS) is 11.6. The Morgan fingerprint density at radius 1 is 1.08 bits per heavy atom.